The molecule has 0 bridgehead atoms. The van der Waals surface area contributed by atoms with Gasteiger partial charge in [0.1, 0.15) is 0 Å². The van der Waals surface area contributed by atoms with Crippen LogP contribution >= 0.6 is 11.6 Å². The van der Waals surface area contributed by atoms with E-state index in [1.165, 1.54) is 43.5 Å². The van der Waals surface area contributed by atoms with Crippen molar-refractivity contribution in [2.45, 2.75) is 31.1 Å². The summed E-state index contributed by atoms with van der Waals surface area (Å²) < 4.78 is 0. The molecule has 0 aromatic heterocycles. The van der Waals surface area contributed by atoms with Gasteiger partial charge in [-0.15, -0.1) is 0 Å². The van der Waals surface area contributed by atoms with E-state index in [4.69, 9.17) is 11.6 Å². The third-order valence-corrected chi connectivity index (χ3v) is 5.59. The number of anilines is 1. The zero-order chi connectivity index (χ0) is 12.9. The number of halogens is 1. The van der Waals surface area contributed by atoms with Crippen molar-refractivity contribution in [3.8, 4) is 0 Å². The van der Waals surface area contributed by atoms with Gasteiger partial charge in [-0.2, -0.15) is 0 Å². The van der Waals surface area contributed by atoms with Crippen LogP contribution in [-0.4, -0.2) is 26.2 Å². The Hall–Kier alpha value is -0.730. The van der Waals surface area contributed by atoms with E-state index in [9.17, 15) is 0 Å². The molecule has 102 valence electrons. The minimum atomic E-state index is 0.421. The number of nitrogens with one attached hydrogen (secondary N) is 1. The first-order valence-corrected chi connectivity index (χ1v) is 7.93. The fourth-order valence-electron chi connectivity index (χ4n) is 4.00. The lowest BCUT2D eigenvalue weighted by Gasteiger charge is -2.30. The zero-order valence-corrected chi connectivity index (χ0v) is 12.0. The summed E-state index contributed by atoms with van der Waals surface area (Å²) >= 11 is 6.56. The van der Waals surface area contributed by atoms with Crippen LogP contribution in [0.3, 0.4) is 0 Å². The molecule has 2 heterocycles. The van der Waals surface area contributed by atoms with Gasteiger partial charge in [-0.25, -0.2) is 0 Å². The molecular formula is C16H21ClN2. The summed E-state index contributed by atoms with van der Waals surface area (Å²) in [6.07, 6.45) is 5.31. The summed E-state index contributed by atoms with van der Waals surface area (Å²) in [5.41, 5.74) is 3.11. The maximum Gasteiger partial charge on any atom is 0.0642 e. The quantitative estimate of drug-likeness (QED) is 0.892. The summed E-state index contributed by atoms with van der Waals surface area (Å²) in [7, 11) is 0. The van der Waals surface area contributed by atoms with E-state index in [0.29, 0.717) is 5.41 Å². The predicted octanol–water partition coefficient (Wildman–Crippen LogP) is 3.19. The van der Waals surface area contributed by atoms with Gasteiger partial charge >= 0.3 is 0 Å². The number of hydrogen-bond acceptors (Lipinski definition) is 2. The van der Waals surface area contributed by atoms with Gasteiger partial charge in [0.15, 0.2) is 0 Å². The van der Waals surface area contributed by atoms with Gasteiger partial charge < -0.3 is 10.2 Å². The predicted molar refractivity (Wildman–Crippen MR) is 80.2 cm³/mol. The zero-order valence-electron chi connectivity index (χ0n) is 11.3. The molecule has 19 heavy (non-hydrogen) atoms. The molecule has 1 N–H and O–H groups in total. The van der Waals surface area contributed by atoms with Crippen LogP contribution in [0.5, 0.6) is 0 Å². The van der Waals surface area contributed by atoms with Gasteiger partial charge in [0.25, 0.3) is 0 Å². The lowest BCUT2D eigenvalue weighted by Crippen LogP contribution is -2.29. The Morgan fingerprint density at radius 2 is 2.05 bits per heavy atom. The molecule has 1 aromatic carbocycles. The first-order chi connectivity index (χ1) is 9.29. The Morgan fingerprint density at radius 3 is 2.68 bits per heavy atom. The molecule has 1 aliphatic carbocycles. The average molecular weight is 277 g/mol. The molecule has 3 fully saturated rings. The highest BCUT2D eigenvalue weighted by Gasteiger charge is 2.58. The van der Waals surface area contributed by atoms with Gasteiger partial charge in [0.05, 0.1) is 10.7 Å². The third kappa shape index (κ3) is 1.88. The molecule has 2 nitrogen and oxygen atoms in total. The molecule has 0 radical (unpaired) electrons. The van der Waals surface area contributed by atoms with Crippen LogP contribution < -0.4 is 10.2 Å². The standard InChI is InChI=1S/C16H21ClN2/c17-14-8-12(16-9-13(16)10-18-11-16)4-5-15(14)19-6-2-1-3-7-19/h4-5,8,13,18H,1-3,6-7,9-11H2. The number of benzene rings is 1. The van der Waals surface area contributed by atoms with Crippen LogP contribution in [0.25, 0.3) is 0 Å². The molecular weight excluding hydrogens is 256 g/mol. The third-order valence-electron chi connectivity index (χ3n) is 5.28. The first-order valence-electron chi connectivity index (χ1n) is 7.55. The second-order valence-corrected chi connectivity index (χ2v) is 6.81. The largest absolute Gasteiger partial charge is 0.370 e. The van der Waals surface area contributed by atoms with E-state index in [0.717, 1.165) is 30.6 Å². The van der Waals surface area contributed by atoms with Gasteiger partial charge in [-0.3, -0.25) is 0 Å². The van der Waals surface area contributed by atoms with Crippen molar-refractivity contribution in [2.75, 3.05) is 31.1 Å². The Balaban J connectivity index is 1.61. The van der Waals surface area contributed by atoms with Crippen molar-refractivity contribution in [3.05, 3.63) is 28.8 Å². The number of rotatable bonds is 2. The van der Waals surface area contributed by atoms with Crippen molar-refractivity contribution in [1.82, 2.24) is 5.32 Å². The SMILES string of the molecule is Clc1cc(C23CNCC2C3)ccc1N1CCCCC1. The summed E-state index contributed by atoms with van der Waals surface area (Å²) in [4.78, 5) is 2.45. The second kappa shape index (κ2) is 4.39. The van der Waals surface area contributed by atoms with E-state index >= 15 is 0 Å². The van der Waals surface area contributed by atoms with Gasteiger partial charge in [0.2, 0.25) is 0 Å². The Morgan fingerprint density at radius 1 is 1.21 bits per heavy atom. The molecule has 3 aliphatic rings. The summed E-state index contributed by atoms with van der Waals surface area (Å²) in [5, 5.41) is 4.46. The summed E-state index contributed by atoms with van der Waals surface area (Å²) in [5.74, 6) is 0.851. The molecule has 2 atom stereocenters. The summed E-state index contributed by atoms with van der Waals surface area (Å²) in [6.45, 7) is 4.64. The summed E-state index contributed by atoms with van der Waals surface area (Å²) in [6, 6.07) is 6.81. The van der Waals surface area contributed by atoms with E-state index in [1.807, 2.05) is 0 Å². The van der Waals surface area contributed by atoms with Crippen molar-refractivity contribution in [3.63, 3.8) is 0 Å². The van der Waals surface area contributed by atoms with Crippen LogP contribution in [0.1, 0.15) is 31.2 Å². The molecule has 1 saturated carbocycles. The Labute approximate surface area is 120 Å². The smallest absolute Gasteiger partial charge is 0.0642 e. The molecule has 1 aromatic rings. The van der Waals surface area contributed by atoms with Crippen molar-refractivity contribution < 1.29 is 0 Å². The van der Waals surface area contributed by atoms with Crippen molar-refractivity contribution >= 4 is 17.3 Å². The average Bonchev–Trinajstić information content (AvgIpc) is 3.02. The van der Waals surface area contributed by atoms with Crippen LogP contribution in [0.15, 0.2) is 18.2 Å². The highest BCUT2D eigenvalue weighted by molar-refractivity contribution is 6.33. The Bertz CT molecular complexity index is 496. The van der Waals surface area contributed by atoms with Crippen LogP contribution in [0.2, 0.25) is 5.02 Å². The maximum atomic E-state index is 6.56. The van der Waals surface area contributed by atoms with E-state index in [1.54, 1.807) is 0 Å². The molecule has 2 unspecified atom stereocenters. The lowest BCUT2D eigenvalue weighted by molar-refractivity contribution is 0.577. The van der Waals surface area contributed by atoms with Crippen molar-refractivity contribution in [2.24, 2.45) is 5.92 Å². The molecule has 3 heteroatoms. The maximum absolute atomic E-state index is 6.56. The van der Waals surface area contributed by atoms with E-state index < -0.39 is 0 Å². The first kappa shape index (κ1) is 12.0. The fraction of sp³-hybridized carbons (Fsp3) is 0.625. The van der Waals surface area contributed by atoms with Crippen LogP contribution in [0.4, 0.5) is 5.69 Å². The normalized spacial score (nSPS) is 33.3. The Kier molecular flexibility index (Phi) is 2.78. The molecule has 2 saturated heterocycles. The topological polar surface area (TPSA) is 15.3 Å². The van der Waals surface area contributed by atoms with Crippen LogP contribution in [0, 0.1) is 5.92 Å². The van der Waals surface area contributed by atoms with E-state index in [2.05, 4.69) is 28.4 Å². The van der Waals surface area contributed by atoms with Gasteiger partial charge in [-0.1, -0.05) is 17.7 Å². The highest BCUT2D eigenvalue weighted by atomic mass is 35.5. The molecule has 4 rings (SSSR count). The molecule has 0 spiro atoms. The minimum absolute atomic E-state index is 0.421. The minimum Gasteiger partial charge on any atom is -0.370 e. The lowest BCUT2D eigenvalue weighted by atomic mass is 9.94. The highest BCUT2D eigenvalue weighted by Crippen LogP contribution is 2.57. The number of fused-ring (bicyclic) bond motifs is 1. The molecule has 2 aliphatic heterocycles. The monoisotopic (exact) mass is 276 g/mol. The molecule has 0 amide bonds. The van der Waals surface area contributed by atoms with Gasteiger partial charge in [-0.05, 0) is 55.8 Å². The van der Waals surface area contributed by atoms with Crippen molar-refractivity contribution in [1.29, 1.82) is 0 Å². The number of hydrogen-bond donors (Lipinski definition) is 1. The number of nitrogens with zero attached hydrogens (tertiary/aromatic N) is 1. The fourth-order valence-corrected chi connectivity index (χ4v) is 4.30. The van der Waals surface area contributed by atoms with Crippen LogP contribution in [-0.2, 0) is 5.41 Å². The van der Waals surface area contributed by atoms with E-state index in [-0.39, 0.29) is 0 Å². The van der Waals surface area contributed by atoms with Gasteiger partial charge in [0, 0.05) is 25.0 Å². The second-order valence-electron chi connectivity index (χ2n) is 6.40. The number of piperidine rings is 2.